The number of aryl methyl sites for hydroxylation is 1. The van der Waals surface area contributed by atoms with Crippen LogP contribution in [-0.4, -0.2) is 29.2 Å². The summed E-state index contributed by atoms with van der Waals surface area (Å²) in [6, 6.07) is 7.70. The predicted octanol–water partition coefficient (Wildman–Crippen LogP) is 2.38. The molecule has 1 N–H and O–H groups in total. The summed E-state index contributed by atoms with van der Waals surface area (Å²) in [5.74, 6) is -0.314. The molecule has 4 rings (SSSR count). The van der Waals surface area contributed by atoms with Crippen LogP contribution in [-0.2, 0) is 20.8 Å². The van der Waals surface area contributed by atoms with E-state index in [-0.39, 0.29) is 54.4 Å². The highest BCUT2D eigenvalue weighted by Gasteiger charge is 2.58. The third kappa shape index (κ3) is 2.68. The summed E-state index contributed by atoms with van der Waals surface area (Å²) in [7, 11) is 0. The number of imide groups is 1. The minimum absolute atomic E-state index is 0.0908. The Morgan fingerprint density at radius 3 is 2.24 bits per heavy atom. The summed E-state index contributed by atoms with van der Waals surface area (Å²) in [6.07, 6.45) is 6.16. The number of nitrogens with zero attached hydrogens (tertiary/aromatic N) is 1. The number of benzene rings is 1. The van der Waals surface area contributed by atoms with Gasteiger partial charge in [0.15, 0.2) is 0 Å². The van der Waals surface area contributed by atoms with E-state index in [1.54, 1.807) is 0 Å². The minimum atomic E-state index is -0.188. The molecule has 0 aromatic heterocycles. The fourth-order valence-corrected chi connectivity index (χ4v) is 4.45. The lowest BCUT2D eigenvalue weighted by Gasteiger charge is -2.17. The lowest BCUT2D eigenvalue weighted by atomic mass is 9.85. The number of fused-ring (bicyclic) bond motifs is 5. The van der Waals surface area contributed by atoms with Crippen LogP contribution in [0.25, 0.3) is 0 Å². The largest absolute Gasteiger partial charge is 0.326 e. The predicted molar refractivity (Wildman–Crippen MR) is 93.5 cm³/mol. The Bertz CT molecular complexity index is 723. The molecule has 0 unspecified atom stereocenters. The molecule has 1 saturated heterocycles. The van der Waals surface area contributed by atoms with Crippen LogP contribution in [0.15, 0.2) is 36.4 Å². The molecule has 2 bridgehead atoms. The highest BCUT2D eigenvalue weighted by molar-refractivity contribution is 6.06. The smallest absolute Gasteiger partial charge is 0.233 e. The fourth-order valence-electron chi connectivity index (χ4n) is 4.45. The van der Waals surface area contributed by atoms with E-state index < -0.39 is 0 Å². The summed E-state index contributed by atoms with van der Waals surface area (Å²) in [5.41, 5.74) is 1.95. The van der Waals surface area contributed by atoms with Gasteiger partial charge < -0.3 is 5.32 Å². The van der Waals surface area contributed by atoms with Gasteiger partial charge in [0.2, 0.25) is 17.7 Å². The number of rotatable bonds is 5. The Kier molecular flexibility index (Phi) is 3.94. The Balaban J connectivity index is 1.34. The van der Waals surface area contributed by atoms with E-state index >= 15 is 0 Å². The molecule has 0 spiro atoms. The molecule has 1 heterocycles. The van der Waals surface area contributed by atoms with Crippen LogP contribution in [0.3, 0.4) is 0 Å². The quantitative estimate of drug-likeness (QED) is 0.662. The van der Waals surface area contributed by atoms with E-state index in [2.05, 4.69) is 24.4 Å². The van der Waals surface area contributed by atoms with Crippen molar-refractivity contribution in [3.05, 3.63) is 42.0 Å². The topological polar surface area (TPSA) is 66.5 Å². The Hall–Kier alpha value is -2.43. The van der Waals surface area contributed by atoms with Gasteiger partial charge in [0.25, 0.3) is 0 Å². The van der Waals surface area contributed by atoms with E-state index in [4.69, 9.17) is 0 Å². The van der Waals surface area contributed by atoms with Gasteiger partial charge in [0.1, 0.15) is 0 Å². The van der Waals surface area contributed by atoms with Gasteiger partial charge in [-0.05, 0) is 42.4 Å². The molecule has 5 heteroatoms. The van der Waals surface area contributed by atoms with Crippen molar-refractivity contribution in [1.29, 1.82) is 0 Å². The van der Waals surface area contributed by atoms with Crippen LogP contribution in [0.2, 0.25) is 0 Å². The van der Waals surface area contributed by atoms with Gasteiger partial charge in [0, 0.05) is 18.7 Å². The zero-order valence-corrected chi connectivity index (χ0v) is 14.3. The molecule has 1 aliphatic heterocycles. The monoisotopic (exact) mass is 338 g/mol. The van der Waals surface area contributed by atoms with Gasteiger partial charge >= 0.3 is 0 Å². The first kappa shape index (κ1) is 16.1. The number of nitrogens with one attached hydrogen (secondary N) is 1. The molecular formula is C20H22N2O3. The van der Waals surface area contributed by atoms with E-state index in [1.807, 2.05) is 24.3 Å². The Morgan fingerprint density at radius 2 is 1.68 bits per heavy atom. The van der Waals surface area contributed by atoms with Crippen LogP contribution in [0.4, 0.5) is 5.69 Å². The van der Waals surface area contributed by atoms with Gasteiger partial charge in [-0.3, -0.25) is 19.3 Å². The fraction of sp³-hybridized carbons (Fsp3) is 0.450. The van der Waals surface area contributed by atoms with Crippen molar-refractivity contribution in [3.8, 4) is 0 Å². The number of allylic oxidation sites excluding steroid dienone is 2. The SMILES string of the molecule is CCc1ccc(NC(=O)CCN2C(=O)[C@@H]3[C@H](C2=O)[C@H]2C=C[C@H]3C2)cc1. The normalized spacial score (nSPS) is 29.4. The van der Waals surface area contributed by atoms with E-state index in [0.717, 1.165) is 18.5 Å². The summed E-state index contributed by atoms with van der Waals surface area (Å²) < 4.78 is 0. The number of carbonyl (C=O) groups excluding carboxylic acids is 3. The highest BCUT2D eigenvalue weighted by Crippen LogP contribution is 2.52. The van der Waals surface area contributed by atoms with Crippen molar-refractivity contribution in [3.63, 3.8) is 0 Å². The Morgan fingerprint density at radius 1 is 1.08 bits per heavy atom. The number of hydrogen-bond donors (Lipinski definition) is 1. The van der Waals surface area contributed by atoms with Crippen molar-refractivity contribution in [2.75, 3.05) is 11.9 Å². The zero-order valence-electron chi connectivity index (χ0n) is 14.3. The number of amides is 3. The number of likely N-dealkylation sites (tertiary alicyclic amines) is 1. The summed E-state index contributed by atoms with van der Waals surface area (Å²) >= 11 is 0. The molecule has 5 nitrogen and oxygen atoms in total. The average Bonchev–Trinajstić information content (AvgIpc) is 3.29. The summed E-state index contributed by atoms with van der Waals surface area (Å²) in [6.45, 7) is 2.25. The van der Waals surface area contributed by atoms with Crippen molar-refractivity contribution in [1.82, 2.24) is 4.90 Å². The zero-order chi connectivity index (χ0) is 17.6. The maximum atomic E-state index is 12.6. The second-order valence-corrected chi connectivity index (χ2v) is 7.18. The van der Waals surface area contributed by atoms with E-state index in [0.29, 0.717) is 0 Å². The van der Waals surface area contributed by atoms with Crippen LogP contribution in [0.5, 0.6) is 0 Å². The molecule has 25 heavy (non-hydrogen) atoms. The lowest BCUT2D eigenvalue weighted by molar-refractivity contribution is -0.140. The van der Waals surface area contributed by atoms with Crippen molar-refractivity contribution < 1.29 is 14.4 Å². The van der Waals surface area contributed by atoms with Gasteiger partial charge in [-0.15, -0.1) is 0 Å². The van der Waals surface area contributed by atoms with Crippen LogP contribution < -0.4 is 5.32 Å². The molecule has 4 atom stereocenters. The van der Waals surface area contributed by atoms with E-state index in [9.17, 15) is 14.4 Å². The molecule has 1 aromatic rings. The number of anilines is 1. The average molecular weight is 338 g/mol. The number of carbonyl (C=O) groups is 3. The second-order valence-electron chi connectivity index (χ2n) is 7.18. The van der Waals surface area contributed by atoms with Crippen molar-refractivity contribution in [2.45, 2.75) is 26.2 Å². The first-order chi connectivity index (χ1) is 12.1. The molecule has 3 amide bonds. The number of hydrogen-bond acceptors (Lipinski definition) is 3. The molecule has 0 radical (unpaired) electrons. The maximum Gasteiger partial charge on any atom is 0.233 e. The second kappa shape index (κ2) is 6.14. The van der Waals surface area contributed by atoms with Gasteiger partial charge in [-0.25, -0.2) is 0 Å². The molecular weight excluding hydrogens is 316 g/mol. The molecule has 2 aliphatic carbocycles. The molecule has 1 aromatic carbocycles. The van der Waals surface area contributed by atoms with Gasteiger partial charge in [0.05, 0.1) is 11.8 Å². The minimum Gasteiger partial charge on any atom is -0.326 e. The van der Waals surface area contributed by atoms with Gasteiger partial charge in [-0.1, -0.05) is 31.2 Å². The maximum absolute atomic E-state index is 12.6. The summed E-state index contributed by atoms with van der Waals surface area (Å²) in [5, 5.41) is 2.83. The first-order valence-electron chi connectivity index (χ1n) is 9.01. The molecule has 130 valence electrons. The molecule has 2 fully saturated rings. The molecule has 1 saturated carbocycles. The lowest BCUT2D eigenvalue weighted by Crippen LogP contribution is -2.35. The van der Waals surface area contributed by atoms with Crippen molar-refractivity contribution >= 4 is 23.4 Å². The van der Waals surface area contributed by atoms with Crippen LogP contribution >= 0.6 is 0 Å². The first-order valence-corrected chi connectivity index (χ1v) is 9.01. The standard InChI is InChI=1S/C20H22N2O3/c1-2-12-3-7-15(8-4-12)21-16(23)9-10-22-19(24)17-13-5-6-14(11-13)18(17)20(22)25/h3-8,13-14,17-18H,2,9-11H2,1H3,(H,21,23)/t13-,14-,17-,18+/m0/s1. The Labute approximate surface area is 147 Å². The van der Waals surface area contributed by atoms with Crippen molar-refractivity contribution in [2.24, 2.45) is 23.7 Å². The van der Waals surface area contributed by atoms with Crippen LogP contribution in [0.1, 0.15) is 25.3 Å². The third-order valence-corrected chi connectivity index (χ3v) is 5.77. The molecule has 3 aliphatic rings. The third-order valence-electron chi connectivity index (χ3n) is 5.77. The van der Waals surface area contributed by atoms with Crippen LogP contribution in [0, 0.1) is 23.7 Å². The van der Waals surface area contributed by atoms with E-state index in [1.165, 1.54) is 10.5 Å². The summed E-state index contributed by atoms with van der Waals surface area (Å²) in [4.78, 5) is 38.6. The highest BCUT2D eigenvalue weighted by atomic mass is 16.2. The van der Waals surface area contributed by atoms with Gasteiger partial charge in [-0.2, -0.15) is 0 Å².